The Hall–Kier alpha value is -0.860. The van der Waals surface area contributed by atoms with Crippen LogP contribution in [0.3, 0.4) is 0 Å². The van der Waals surface area contributed by atoms with E-state index >= 15 is 0 Å². The molecule has 1 saturated heterocycles. The summed E-state index contributed by atoms with van der Waals surface area (Å²) in [6.07, 6.45) is 2.72. The molecule has 2 nitrogen and oxygen atoms in total. The number of nitrogens with zero attached hydrogens (tertiary/aromatic N) is 1. The van der Waals surface area contributed by atoms with Crippen LogP contribution in [0.25, 0.3) is 0 Å². The zero-order valence-corrected chi connectivity index (χ0v) is 12.9. The molecule has 0 spiro atoms. The third-order valence-electron chi connectivity index (χ3n) is 4.34. The third kappa shape index (κ3) is 4.05. The standard InChI is InChI=1S/C17H28N2/c1-13-7-8-14(2)17(10-13)15(3)18-11-16-6-5-9-19(4)12-16/h7-8,10,15-16,18H,5-6,9,11-12H2,1-4H3. The lowest BCUT2D eigenvalue weighted by Gasteiger charge is -2.31. The van der Waals surface area contributed by atoms with E-state index in [0.717, 1.165) is 12.5 Å². The molecule has 1 N–H and O–H groups in total. The number of hydrogen-bond donors (Lipinski definition) is 1. The van der Waals surface area contributed by atoms with Gasteiger partial charge in [0.2, 0.25) is 0 Å². The van der Waals surface area contributed by atoms with Crippen molar-refractivity contribution >= 4 is 0 Å². The first-order valence-electron chi connectivity index (χ1n) is 7.55. The largest absolute Gasteiger partial charge is 0.310 e. The van der Waals surface area contributed by atoms with Crippen LogP contribution in [0, 0.1) is 19.8 Å². The molecule has 1 aromatic rings. The fraction of sp³-hybridized carbons (Fsp3) is 0.647. The minimum absolute atomic E-state index is 0.451. The Kier molecular flexibility index (Phi) is 5.00. The molecule has 2 heteroatoms. The summed E-state index contributed by atoms with van der Waals surface area (Å²) >= 11 is 0. The Morgan fingerprint density at radius 3 is 2.89 bits per heavy atom. The van der Waals surface area contributed by atoms with Crippen molar-refractivity contribution in [3.8, 4) is 0 Å². The van der Waals surface area contributed by atoms with Gasteiger partial charge in [-0.1, -0.05) is 23.8 Å². The number of benzene rings is 1. The molecule has 1 heterocycles. The summed E-state index contributed by atoms with van der Waals surface area (Å²) in [6.45, 7) is 10.3. The second kappa shape index (κ2) is 6.53. The van der Waals surface area contributed by atoms with E-state index in [1.807, 2.05) is 0 Å². The zero-order chi connectivity index (χ0) is 13.8. The molecule has 2 rings (SSSR count). The molecular formula is C17H28N2. The van der Waals surface area contributed by atoms with E-state index in [1.165, 1.54) is 42.6 Å². The number of likely N-dealkylation sites (tertiary alicyclic amines) is 1. The van der Waals surface area contributed by atoms with Gasteiger partial charge in [-0.15, -0.1) is 0 Å². The van der Waals surface area contributed by atoms with Gasteiger partial charge < -0.3 is 10.2 Å². The molecule has 19 heavy (non-hydrogen) atoms. The molecule has 0 bridgehead atoms. The van der Waals surface area contributed by atoms with Crippen LogP contribution in [0.4, 0.5) is 0 Å². The van der Waals surface area contributed by atoms with Gasteiger partial charge in [0.15, 0.2) is 0 Å². The molecule has 2 unspecified atom stereocenters. The molecule has 1 aliphatic heterocycles. The van der Waals surface area contributed by atoms with E-state index < -0.39 is 0 Å². The summed E-state index contributed by atoms with van der Waals surface area (Å²) in [7, 11) is 2.24. The monoisotopic (exact) mass is 260 g/mol. The minimum atomic E-state index is 0.451. The van der Waals surface area contributed by atoms with Crippen LogP contribution in [0.1, 0.15) is 42.5 Å². The fourth-order valence-electron chi connectivity index (χ4n) is 3.12. The lowest BCUT2D eigenvalue weighted by atomic mass is 9.96. The summed E-state index contributed by atoms with van der Waals surface area (Å²) in [5.74, 6) is 0.811. The number of aryl methyl sites for hydroxylation is 2. The van der Waals surface area contributed by atoms with Crippen molar-refractivity contribution in [3.05, 3.63) is 34.9 Å². The maximum Gasteiger partial charge on any atom is 0.0294 e. The molecule has 1 aromatic carbocycles. The van der Waals surface area contributed by atoms with Crippen molar-refractivity contribution in [3.63, 3.8) is 0 Å². The maximum atomic E-state index is 3.73. The topological polar surface area (TPSA) is 15.3 Å². The highest BCUT2D eigenvalue weighted by atomic mass is 15.1. The number of hydrogen-bond acceptors (Lipinski definition) is 2. The van der Waals surface area contributed by atoms with Crippen LogP contribution in [-0.4, -0.2) is 31.6 Å². The highest BCUT2D eigenvalue weighted by Crippen LogP contribution is 2.20. The molecule has 0 aliphatic carbocycles. The highest BCUT2D eigenvalue weighted by Gasteiger charge is 2.18. The van der Waals surface area contributed by atoms with Gasteiger partial charge in [-0.3, -0.25) is 0 Å². The predicted octanol–water partition coefficient (Wildman–Crippen LogP) is 3.30. The normalized spacial score (nSPS) is 22.4. The van der Waals surface area contributed by atoms with Crippen molar-refractivity contribution in [2.75, 3.05) is 26.7 Å². The van der Waals surface area contributed by atoms with Crippen LogP contribution in [0.15, 0.2) is 18.2 Å². The molecule has 106 valence electrons. The molecular weight excluding hydrogens is 232 g/mol. The Labute approximate surface area is 118 Å². The van der Waals surface area contributed by atoms with Gasteiger partial charge in [0.1, 0.15) is 0 Å². The maximum absolute atomic E-state index is 3.73. The van der Waals surface area contributed by atoms with Crippen LogP contribution >= 0.6 is 0 Å². The van der Waals surface area contributed by atoms with E-state index in [4.69, 9.17) is 0 Å². The van der Waals surface area contributed by atoms with Crippen molar-refractivity contribution in [2.45, 2.75) is 39.7 Å². The lowest BCUT2D eigenvalue weighted by molar-refractivity contribution is 0.203. The zero-order valence-electron chi connectivity index (χ0n) is 12.9. The van der Waals surface area contributed by atoms with Crippen LogP contribution < -0.4 is 5.32 Å². The van der Waals surface area contributed by atoms with E-state index in [-0.39, 0.29) is 0 Å². The second-order valence-corrected chi connectivity index (χ2v) is 6.26. The Morgan fingerprint density at radius 1 is 1.37 bits per heavy atom. The van der Waals surface area contributed by atoms with E-state index in [9.17, 15) is 0 Å². The van der Waals surface area contributed by atoms with Gasteiger partial charge >= 0.3 is 0 Å². The summed E-state index contributed by atoms with van der Waals surface area (Å²) < 4.78 is 0. The Balaban J connectivity index is 1.90. The number of nitrogens with one attached hydrogen (secondary N) is 1. The van der Waals surface area contributed by atoms with Gasteiger partial charge in [0.05, 0.1) is 0 Å². The van der Waals surface area contributed by atoms with Gasteiger partial charge in [0.25, 0.3) is 0 Å². The van der Waals surface area contributed by atoms with E-state index in [2.05, 4.69) is 56.2 Å². The van der Waals surface area contributed by atoms with Crippen molar-refractivity contribution in [1.82, 2.24) is 10.2 Å². The van der Waals surface area contributed by atoms with Gasteiger partial charge in [-0.25, -0.2) is 0 Å². The molecule has 0 radical (unpaired) electrons. The molecule has 0 aromatic heterocycles. The average molecular weight is 260 g/mol. The Morgan fingerprint density at radius 2 is 2.16 bits per heavy atom. The van der Waals surface area contributed by atoms with E-state index in [1.54, 1.807) is 0 Å². The second-order valence-electron chi connectivity index (χ2n) is 6.26. The SMILES string of the molecule is Cc1ccc(C)c(C(C)NCC2CCCN(C)C2)c1. The lowest BCUT2D eigenvalue weighted by Crippen LogP contribution is -2.38. The number of rotatable bonds is 4. The minimum Gasteiger partial charge on any atom is -0.310 e. The first-order valence-corrected chi connectivity index (χ1v) is 7.55. The Bertz CT molecular complexity index is 414. The number of piperidine rings is 1. The van der Waals surface area contributed by atoms with Gasteiger partial charge in [-0.05, 0) is 70.8 Å². The quantitative estimate of drug-likeness (QED) is 0.893. The van der Waals surface area contributed by atoms with E-state index in [0.29, 0.717) is 6.04 Å². The molecule has 0 saturated carbocycles. The smallest absolute Gasteiger partial charge is 0.0294 e. The van der Waals surface area contributed by atoms with Crippen molar-refractivity contribution in [1.29, 1.82) is 0 Å². The summed E-state index contributed by atoms with van der Waals surface area (Å²) in [6, 6.07) is 7.20. The van der Waals surface area contributed by atoms with Gasteiger partial charge in [-0.2, -0.15) is 0 Å². The molecule has 1 fully saturated rings. The summed E-state index contributed by atoms with van der Waals surface area (Å²) in [5.41, 5.74) is 4.20. The molecule has 0 amide bonds. The molecule has 1 aliphatic rings. The van der Waals surface area contributed by atoms with Crippen LogP contribution in [0.5, 0.6) is 0 Å². The molecule has 2 atom stereocenters. The summed E-state index contributed by atoms with van der Waals surface area (Å²) in [4.78, 5) is 2.46. The highest BCUT2D eigenvalue weighted by molar-refractivity contribution is 5.32. The first-order chi connectivity index (χ1) is 9.06. The van der Waals surface area contributed by atoms with Crippen LogP contribution in [0.2, 0.25) is 0 Å². The van der Waals surface area contributed by atoms with Crippen molar-refractivity contribution < 1.29 is 0 Å². The third-order valence-corrected chi connectivity index (χ3v) is 4.34. The summed E-state index contributed by atoms with van der Waals surface area (Å²) in [5, 5.41) is 3.73. The predicted molar refractivity (Wildman–Crippen MR) is 82.6 cm³/mol. The van der Waals surface area contributed by atoms with Crippen molar-refractivity contribution in [2.24, 2.45) is 5.92 Å². The van der Waals surface area contributed by atoms with Crippen LogP contribution in [-0.2, 0) is 0 Å². The average Bonchev–Trinajstić information content (AvgIpc) is 2.39. The van der Waals surface area contributed by atoms with Gasteiger partial charge in [0, 0.05) is 12.6 Å². The first kappa shape index (κ1) is 14.5. The fourth-order valence-corrected chi connectivity index (χ4v) is 3.12.